The summed E-state index contributed by atoms with van der Waals surface area (Å²) in [5.41, 5.74) is 3.86. The molecule has 1 atom stereocenters. The number of hydrogen-bond acceptors (Lipinski definition) is 6. The molecule has 0 bridgehead atoms. The molecule has 1 aromatic heterocycles. The minimum atomic E-state index is -0.443. The minimum absolute atomic E-state index is 0.109. The van der Waals surface area contributed by atoms with Gasteiger partial charge in [0.05, 0.1) is 17.7 Å². The molecule has 0 N–H and O–H groups in total. The fourth-order valence-corrected chi connectivity index (χ4v) is 3.78. The lowest BCUT2D eigenvalue weighted by Crippen LogP contribution is -2.37. The molecule has 0 unspecified atom stereocenters. The van der Waals surface area contributed by atoms with Crippen molar-refractivity contribution in [2.24, 2.45) is 0 Å². The maximum Gasteiger partial charge on any atom is 0.277 e. The van der Waals surface area contributed by atoms with Gasteiger partial charge in [-0.1, -0.05) is 47.2 Å². The number of benzene rings is 2. The molecule has 2 aromatic carbocycles. The van der Waals surface area contributed by atoms with Crippen LogP contribution < -0.4 is 4.90 Å². The summed E-state index contributed by atoms with van der Waals surface area (Å²) in [7, 11) is 0. The SMILES string of the molecule is Cc1cc(C)cc(-c2nnc(S[C@H](C)C(=O)N(CCC#N)c3ccccc3)o2)c1. The number of nitriles is 1. The molecule has 0 saturated heterocycles. The topological polar surface area (TPSA) is 83.0 Å². The molecule has 6 nitrogen and oxygen atoms in total. The van der Waals surface area contributed by atoms with Crippen LogP contribution in [0.5, 0.6) is 0 Å². The first kappa shape index (κ1) is 20.6. The zero-order valence-corrected chi connectivity index (χ0v) is 17.4. The van der Waals surface area contributed by atoms with Gasteiger partial charge in [0.25, 0.3) is 5.22 Å². The van der Waals surface area contributed by atoms with E-state index < -0.39 is 5.25 Å². The number of hydrogen-bond donors (Lipinski definition) is 0. The molecule has 0 radical (unpaired) electrons. The van der Waals surface area contributed by atoms with E-state index in [0.29, 0.717) is 17.7 Å². The molecule has 148 valence electrons. The van der Waals surface area contributed by atoms with Gasteiger partial charge in [-0.2, -0.15) is 5.26 Å². The van der Waals surface area contributed by atoms with Crippen LogP contribution in [0.15, 0.2) is 58.2 Å². The van der Waals surface area contributed by atoms with E-state index in [1.165, 1.54) is 11.8 Å². The Hall–Kier alpha value is -3.11. The predicted molar refractivity (Wildman–Crippen MR) is 114 cm³/mol. The third-order valence-corrected chi connectivity index (χ3v) is 5.20. The molecular formula is C22H22N4O2S. The molecule has 7 heteroatoms. The van der Waals surface area contributed by atoms with E-state index in [9.17, 15) is 4.79 Å². The average Bonchev–Trinajstić information content (AvgIpc) is 3.16. The van der Waals surface area contributed by atoms with Gasteiger partial charge in [-0.25, -0.2) is 0 Å². The zero-order chi connectivity index (χ0) is 20.8. The van der Waals surface area contributed by atoms with Crippen LogP contribution in [0.25, 0.3) is 11.5 Å². The first-order valence-corrected chi connectivity index (χ1v) is 10.2. The molecule has 0 aliphatic carbocycles. The Balaban J connectivity index is 1.75. The Morgan fingerprint density at radius 2 is 1.86 bits per heavy atom. The van der Waals surface area contributed by atoms with Crippen molar-refractivity contribution < 1.29 is 9.21 Å². The standard InChI is InChI=1S/C22H22N4O2S/c1-15-12-16(2)14-18(13-15)20-24-25-22(28-20)29-17(3)21(27)26(11-7-10-23)19-8-5-4-6-9-19/h4-6,8-9,12-14,17H,7,11H2,1-3H3/t17-/m1/s1. The Morgan fingerprint density at radius 3 is 2.52 bits per heavy atom. The van der Waals surface area contributed by atoms with Gasteiger partial charge in [0.1, 0.15) is 0 Å². The van der Waals surface area contributed by atoms with Gasteiger partial charge in [-0.05, 0) is 45.0 Å². The number of aromatic nitrogens is 2. The van der Waals surface area contributed by atoms with Gasteiger partial charge in [0.15, 0.2) is 0 Å². The smallest absolute Gasteiger partial charge is 0.277 e. The van der Waals surface area contributed by atoms with Gasteiger partial charge in [0.2, 0.25) is 11.8 Å². The Morgan fingerprint density at radius 1 is 1.17 bits per heavy atom. The van der Waals surface area contributed by atoms with Crippen LogP contribution in [0, 0.1) is 25.2 Å². The quantitative estimate of drug-likeness (QED) is 0.525. The number of thioether (sulfide) groups is 1. The predicted octanol–water partition coefficient (Wildman–Crippen LogP) is 4.78. The van der Waals surface area contributed by atoms with Gasteiger partial charge in [0, 0.05) is 17.8 Å². The molecule has 0 aliphatic heterocycles. The largest absolute Gasteiger partial charge is 0.411 e. The molecule has 1 heterocycles. The van der Waals surface area contributed by atoms with Crippen LogP contribution in [0.2, 0.25) is 0 Å². The maximum absolute atomic E-state index is 13.0. The molecule has 0 spiro atoms. The fraction of sp³-hybridized carbons (Fsp3) is 0.273. The summed E-state index contributed by atoms with van der Waals surface area (Å²) in [6.07, 6.45) is 0.259. The first-order chi connectivity index (χ1) is 14.0. The highest BCUT2D eigenvalue weighted by Crippen LogP contribution is 2.29. The van der Waals surface area contributed by atoms with Crippen molar-refractivity contribution in [1.29, 1.82) is 5.26 Å². The summed E-state index contributed by atoms with van der Waals surface area (Å²) < 4.78 is 5.78. The van der Waals surface area contributed by atoms with Crippen LogP contribution in [0.4, 0.5) is 5.69 Å². The summed E-state index contributed by atoms with van der Waals surface area (Å²) in [5.74, 6) is 0.325. The lowest BCUT2D eigenvalue weighted by atomic mass is 10.1. The summed E-state index contributed by atoms with van der Waals surface area (Å²) in [4.78, 5) is 14.7. The van der Waals surface area contributed by atoms with Gasteiger partial charge in [-0.15, -0.1) is 10.2 Å². The third kappa shape index (κ3) is 5.24. The molecule has 0 aliphatic rings. The van der Waals surface area contributed by atoms with Gasteiger partial charge >= 0.3 is 0 Å². The number of carbonyl (C=O) groups is 1. The number of rotatable bonds is 7. The van der Waals surface area contributed by atoms with Crippen molar-refractivity contribution in [3.8, 4) is 17.5 Å². The number of aryl methyl sites for hydroxylation is 2. The zero-order valence-electron chi connectivity index (χ0n) is 16.6. The molecular weight excluding hydrogens is 384 g/mol. The summed E-state index contributed by atoms with van der Waals surface area (Å²) >= 11 is 1.22. The average molecular weight is 407 g/mol. The van der Waals surface area contributed by atoms with E-state index >= 15 is 0 Å². The first-order valence-electron chi connectivity index (χ1n) is 9.30. The highest BCUT2D eigenvalue weighted by Gasteiger charge is 2.25. The van der Waals surface area contributed by atoms with Crippen molar-refractivity contribution in [3.63, 3.8) is 0 Å². The lowest BCUT2D eigenvalue weighted by Gasteiger charge is -2.24. The second kappa shape index (κ2) is 9.39. The maximum atomic E-state index is 13.0. The van der Waals surface area contributed by atoms with Crippen LogP contribution >= 0.6 is 11.8 Å². The molecule has 3 rings (SSSR count). The highest BCUT2D eigenvalue weighted by atomic mass is 32.2. The van der Waals surface area contributed by atoms with Crippen LogP contribution in [0.3, 0.4) is 0 Å². The molecule has 1 amide bonds. The van der Waals surface area contributed by atoms with E-state index in [1.54, 1.807) is 11.8 Å². The third-order valence-electron chi connectivity index (χ3n) is 4.28. The Labute approximate surface area is 174 Å². The van der Waals surface area contributed by atoms with Crippen molar-refractivity contribution >= 4 is 23.4 Å². The van der Waals surface area contributed by atoms with Crippen molar-refractivity contribution in [3.05, 3.63) is 59.7 Å². The molecule has 0 fully saturated rings. The van der Waals surface area contributed by atoms with Crippen LogP contribution in [-0.4, -0.2) is 27.9 Å². The van der Waals surface area contributed by atoms with E-state index in [1.807, 2.05) is 56.3 Å². The van der Waals surface area contributed by atoms with Crippen molar-refractivity contribution in [2.45, 2.75) is 37.7 Å². The Bertz CT molecular complexity index is 1010. The number of nitrogens with zero attached hydrogens (tertiary/aromatic N) is 4. The monoisotopic (exact) mass is 406 g/mol. The van der Waals surface area contributed by atoms with E-state index in [2.05, 4.69) is 22.3 Å². The second-order valence-electron chi connectivity index (χ2n) is 6.74. The summed E-state index contributed by atoms with van der Waals surface area (Å²) in [6.45, 7) is 6.17. The van der Waals surface area contributed by atoms with E-state index in [4.69, 9.17) is 9.68 Å². The number of carbonyl (C=O) groups excluding carboxylic acids is 1. The lowest BCUT2D eigenvalue weighted by molar-refractivity contribution is -0.117. The molecule has 0 saturated carbocycles. The van der Waals surface area contributed by atoms with Gasteiger partial charge < -0.3 is 9.32 Å². The summed E-state index contributed by atoms with van der Waals surface area (Å²) in [6, 6.07) is 17.5. The highest BCUT2D eigenvalue weighted by molar-refractivity contribution is 8.00. The summed E-state index contributed by atoms with van der Waals surface area (Å²) in [5, 5.41) is 17.1. The number of amides is 1. The minimum Gasteiger partial charge on any atom is -0.411 e. The molecule has 29 heavy (non-hydrogen) atoms. The Kier molecular flexibility index (Phi) is 6.68. The van der Waals surface area contributed by atoms with E-state index in [-0.39, 0.29) is 12.3 Å². The van der Waals surface area contributed by atoms with Crippen molar-refractivity contribution in [2.75, 3.05) is 11.4 Å². The van der Waals surface area contributed by atoms with Gasteiger partial charge in [-0.3, -0.25) is 4.79 Å². The number of para-hydroxylation sites is 1. The fourth-order valence-electron chi connectivity index (χ4n) is 3.03. The van der Waals surface area contributed by atoms with Crippen LogP contribution in [-0.2, 0) is 4.79 Å². The molecule has 3 aromatic rings. The second-order valence-corrected chi connectivity index (χ2v) is 8.04. The number of anilines is 1. The van der Waals surface area contributed by atoms with Crippen molar-refractivity contribution in [1.82, 2.24) is 10.2 Å². The normalized spacial score (nSPS) is 11.7. The van der Waals surface area contributed by atoms with E-state index in [0.717, 1.165) is 22.4 Å². The van der Waals surface area contributed by atoms with Crippen LogP contribution in [0.1, 0.15) is 24.5 Å².